The summed E-state index contributed by atoms with van der Waals surface area (Å²) in [6.45, 7) is 5.44. The van der Waals surface area contributed by atoms with Crippen LogP contribution in [-0.4, -0.2) is 22.2 Å². The number of nitrogens with zero attached hydrogens (tertiary/aromatic N) is 2. The summed E-state index contributed by atoms with van der Waals surface area (Å²) in [4.78, 5) is 12.4. The third-order valence-electron chi connectivity index (χ3n) is 4.46. The summed E-state index contributed by atoms with van der Waals surface area (Å²) in [5.74, 6) is 0.669. The number of carbonyl (C=O) groups is 1. The van der Waals surface area contributed by atoms with Crippen molar-refractivity contribution in [1.82, 2.24) is 15.1 Å². The molecule has 5 nitrogen and oxygen atoms in total. The molecule has 1 amide bonds. The highest BCUT2D eigenvalue weighted by Gasteiger charge is 2.08. The lowest BCUT2D eigenvalue weighted by molar-refractivity contribution is 0.0952. The highest BCUT2D eigenvalue weighted by atomic mass is 35.5. The fraction of sp³-hybridized carbons (Fsp3) is 0.273. The van der Waals surface area contributed by atoms with Gasteiger partial charge in [0.2, 0.25) is 0 Å². The van der Waals surface area contributed by atoms with Crippen molar-refractivity contribution < 1.29 is 9.53 Å². The van der Waals surface area contributed by atoms with Gasteiger partial charge in [-0.05, 0) is 61.7 Å². The van der Waals surface area contributed by atoms with Gasteiger partial charge in [-0.25, -0.2) is 0 Å². The topological polar surface area (TPSA) is 56.1 Å². The van der Waals surface area contributed by atoms with E-state index in [1.807, 2.05) is 44.2 Å². The lowest BCUT2D eigenvalue weighted by atomic mass is 10.1. The van der Waals surface area contributed by atoms with Crippen LogP contribution < -0.4 is 10.1 Å². The summed E-state index contributed by atoms with van der Waals surface area (Å²) < 4.78 is 7.65. The maximum Gasteiger partial charge on any atom is 0.251 e. The zero-order chi connectivity index (χ0) is 20.8. The number of hydrogen-bond donors (Lipinski definition) is 1. The molecule has 3 aromatic rings. The molecule has 0 unspecified atom stereocenters. The summed E-state index contributed by atoms with van der Waals surface area (Å²) in [5, 5.41) is 8.58. The van der Waals surface area contributed by atoms with Crippen LogP contribution in [-0.2, 0) is 13.2 Å². The number of nitrogens with one attached hydrogen (secondary N) is 1. The Morgan fingerprint density at radius 1 is 1.17 bits per heavy atom. The molecule has 0 aliphatic heterocycles. The Kier molecular flexibility index (Phi) is 7.18. The van der Waals surface area contributed by atoms with Gasteiger partial charge in [0.15, 0.2) is 0 Å². The molecule has 3 rings (SSSR count). The zero-order valence-electron chi connectivity index (χ0n) is 16.4. The molecule has 1 aromatic heterocycles. The van der Waals surface area contributed by atoms with E-state index in [9.17, 15) is 4.79 Å². The molecule has 0 fully saturated rings. The van der Waals surface area contributed by atoms with Crippen molar-refractivity contribution in [2.45, 2.75) is 33.4 Å². The molecule has 0 saturated heterocycles. The van der Waals surface area contributed by atoms with Crippen LogP contribution in [0.5, 0.6) is 5.75 Å². The quantitative estimate of drug-likeness (QED) is 0.498. The van der Waals surface area contributed by atoms with Crippen molar-refractivity contribution in [2.24, 2.45) is 0 Å². The average molecular weight is 432 g/mol. The smallest absolute Gasteiger partial charge is 0.251 e. The average Bonchev–Trinajstić information content (AvgIpc) is 3.02. The fourth-order valence-electron chi connectivity index (χ4n) is 2.89. The monoisotopic (exact) mass is 431 g/mol. The molecule has 2 aromatic carbocycles. The molecule has 0 bridgehead atoms. The van der Waals surface area contributed by atoms with Crippen molar-refractivity contribution in [3.8, 4) is 5.75 Å². The number of rotatable bonds is 8. The first-order valence-electron chi connectivity index (χ1n) is 9.38. The number of ether oxygens (including phenoxy) is 1. The van der Waals surface area contributed by atoms with Gasteiger partial charge < -0.3 is 10.1 Å². The van der Waals surface area contributed by atoms with Crippen molar-refractivity contribution in [3.05, 3.63) is 81.1 Å². The van der Waals surface area contributed by atoms with Crippen molar-refractivity contribution in [1.29, 1.82) is 0 Å². The number of halogens is 2. The van der Waals surface area contributed by atoms with Crippen molar-refractivity contribution >= 4 is 29.1 Å². The van der Waals surface area contributed by atoms with Gasteiger partial charge in [0.25, 0.3) is 5.91 Å². The van der Waals surface area contributed by atoms with Gasteiger partial charge >= 0.3 is 0 Å². The number of hydrogen-bond acceptors (Lipinski definition) is 3. The van der Waals surface area contributed by atoms with Gasteiger partial charge in [-0.1, -0.05) is 35.3 Å². The summed E-state index contributed by atoms with van der Waals surface area (Å²) in [6, 6.07) is 12.9. The Bertz CT molecular complexity index is 982. The van der Waals surface area contributed by atoms with Gasteiger partial charge in [0.1, 0.15) is 12.4 Å². The first-order chi connectivity index (χ1) is 13.9. The predicted molar refractivity (Wildman–Crippen MR) is 116 cm³/mol. The highest BCUT2D eigenvalue weighted by molar-refractivity contribution is 6.31. The van der Waals surface area contributed by atoms with E-state index in [1.54, 1.807) is 23.0 Å². The van der Waals surface area contributed by atoms with E-state index in [1.165, 1.54) is 0 Å². The van der Waals surface area contributed by atoms with E-state index in [0.717, 1.165) is 29.0 Å². The first kappa shape index (κ1) is 21.2. The Balaban J connectivity index is 1.49. The van der Waals surface area contributed by atoms with Crippen LogP contribution in [0.15, 0.2) is 48.7 Å². The molecule has 0 saturated carbocycles. The molecule has 7 heteroatoms. The second-order valence-electron chi connectivity index (χ2n) is 6.83. The Morgan fingerprint density at radius 2 is 2.00 bits per heavy atom. The molecule has 0 aliphatic rings. The van der Waals surface area contributed by atoms with Crippen LogP contribution >= 0.6 is 23.2 Å². The van der Waals surface area contributed by atoms with E-state index < -0.39 is 0 Å². The second kappa shape index (κ2) is 9.81. The van der Waals surface area contributed by atoms with Crippen LogP contribution in [0.3, 0.4) is 0 Å². The van der Waals surface area contributed by atoms with Crippen LogP contribution in [0.1, 0.15) is 33.6 Å². The van der Waals surface area contributed by atoms with Gasteiger partial charge in [0.05, 0.1) is 10.7 Å². The molecule has 29 heavy (non-hydrogen) atoms. The Morgan fingerprint density at radius 3 is 2.72 bits per heavy atom. The minimum Gasteiger partial charge on any atom is -0.489 e. The van der Waals surface area contributed by atoms with Gasteiger partial charge in [0, 0.05) is 29.9 Å². The third kappa shape index (κ3) is 5.99. The lowest BCUT2D eigenvalue weighted by Crippen LogP contribution is -2.25. The molecule has 0 aliphatic carbocycles. The van der Waals surface area contributed by atoms with Crippen LogP contribution in [0.2, 0.25) is 10.0 Å². The number of amides is 1. The number of aryl methyl sites for hydroxylation is 3. The van der Waals surface area contributed by atoms with Crippen LogP contribution in [0.4, 0.5) is 0 Å². The molecule has 0 radical (unpaired) electrons. The largest absolute Gasteiger partial charge is 0.489 e. The molecular formula is C22H23Cl2N3O2. The van der Waals surface area contributed by atoms with E-state index in [2.05, 4.69) is 10.4 Å². The van der Waals surface area contributed by atoms with Crippen LogP contribution in [0, 0.1) is 13.8 Å². The third-order valence-corrected chi connectivity index (χ3v) is 5.06. The summed E-state index contributed by atoms with van der Waals surface area (Å²) in [6.07, 6.45) is 2.56. The zero-order valence-corrected chi connectivity index (χ0v) is 17.9. The van der Waals surface area contributed by atoms with Crippen molar-refractivity contribution in [2.75, 3.05) is 6.54 Å². The summed E-state index contributed by atoms with van der Waals surface area (Å²) in [5.41, 5.74) is 3.31. The molecule has 1 heterocycles. The number of carbonyl (C=O) groups excluding carboxylic acids is 1. The van der Waals surface area contributed by atoms with Crippen molar-refractivity contribution in [3.63, 3.8) is 0 Å². The number of aromatic nitrogens is 2. The van der Waals surface area contributed by atoms with Gasteiger partial charge in [-0.2, -0.15) is 5.10 Å². The number of benzene rings is 2. The predicted octanol–water partition coefficient (Wildman–Crippen LogP) is 5.21. The summed E-state index contributed by atoms with van der Waals surface area (Å²) in [7, 11) is 0. The van der Waals surface area contributed by atoms with Gasteiger partial charge in [-0.3, -0.25) is 9.48 Å². The molecular weight excluding hydrogens is 409 g/mol. The molecule has 0 atom stereocenters. The highest BCUT2D eigenvalue weighted by Crippen LogP contribution is 2.23. The molecule has 152 valence electrons. The normalized spacial score (nSPS) is 10.8. The molecule has 1 N–H and O–H groups in total. The fourth-order valence-corrected chi connectivity index (χ4v) is 3.27. The summed E-state index contributed by atoms with van der Waals surface area (Å²) >= 11 is 12.0. The van der Waals surface area contributed by atoms with E-state index in [4.69, 9.17) is 27.9 Å². The first-order valence-corrected chi connectivity index (χ1v) is 10.1. The SMILES string of the molecule is Cc1cc(Cl)ccc1OCc1cccc(C(=O)NCCCn2cc(Cl)c(C)n2)c1. The maximum absolute atomic E-state index is 12.4. The standard InChI is InChI=1S/C22H23Cl2N3O2/c1-15-11-19(23)7-8-21(15)29-14-17-5-3-6-18(12-17)22(28)25-9-4-10-27-13-20(24)16(2)26-27/h3,5-8,11-13H,4,9-10,14H2,1-2H3,(H,25,28). The Labute approximate surface area is 180 Å². The van der Waals surface area contributed by atoms with E-state index in [-0.39, 0.29) is 5.91 Å². The second-order valence-corrected chi connectivity index (χ2v) is 7.68. The van der Waals surface area contributed by atoms with Gasteiger partial charge in [-0.15, -0.1) is 0 Å². The molecule has 0 spiro atoms. The van der Waals surface area contributed by atoms with Crippen LogP contribution in [0.25, 0.3) is 0 Å². The van der Waals surface area contributed by atoms with E-state index >= 15 is 0 Å². The Hall–Kier alpha value is -2.50. The van der Waals surface area contributed by atoms with E-state index in [0.29, 0.717) is 35.3 Å². The minimum atomic E-state index is -0.107. The lowest BCUT2D eigenvalue weighted by Gasteiger charge is -2.11. The minimum absolute atomic E-state index is 0.107. The maximum atomic E-state index is 12.4.